The Labute approximate surface area is 213 Å². The molecule has 2 heterocycles. The fraction of sp³-hybridized carbons (Fsp3) is 0.227. The Kier molecular flexibility index (Phi) is 8.26. The van der Waals surface area contributed by atoms with Crippen LogP contribution in [0.4, 0.5) is 5.95 Å². The van der Waals surface area contributed by atoms with E-state index in [2.05, 4.69) is 30.8 Å². The number of halogens is 2. The average Bonchev–Trinajstić information content (AvgIpc) is 3.27. The number of rotatable bonds is 10. The number of ether oxygens (including phenoxy) is 1. The maximum Gasteiger partial charge on any atom is 0.258 e. The molecule has 0 bridgehead atoms. The second-order valence-corrected chi connectivity index (χ2v) is 9.21. The number of anilines is 1. The Bertz CT molecular complexity index is 1320. The topological polar surface area (TPSA) is 142 Å². The predicted molar refractivity (Wildman–Crippen MR) is 134 cm³/mol. The van der Waals surface area contributed by atoms with Gasteiger partial charge in [0, 0.05) is 18.2 Å². The molecule has 182 valence electrons. The second kappa shape index (κ2) is 11.6. The van der Waals surface area contributed by atoms with Gasteiger partial charge >= 0.3 is 0 Å². The quantitative estimate of drug-likeness (QED) is 0.241. The third-order valence-corrected chi connectivity index (χ3v) is 6.36. The summed E-state index contributed by atoms with van der Waals surface area (Å²) in [7, 11) is 0. The van der Waals surface area contributed by atoms with Gasteiger partial charge in [-0.1, -0.05) is 29.3 Å². The minimum absolute atomic E-state index is 0.0479. The van der Waals surface area contributed by atoms with Crippen molar-refractivity contribution in [1.29, 1.82) is 0 Å². The highest BCUT2D eigenvalue weighted by Gasteiger charge is 2.13. The third-order valence-electron chi connectivity index (χ3n) is 4.69. The Hall–Kier alpha value is -3.09. The molecule has 1 atom stereocenters. The van der Waals surface area contributed by atoms with Crippen LogP contribution in [0.5, 0.6) is 5.75 Å². The number of hydrogen-bond acceptors (Lipinski definition) is 10. The summed E-state index contributed by atoms with van der Waals surface area (Å²) in [6.07, 6.45) is 0.488. The lowest BCUT2D eigenvalue weighted by Gasteiger charge is -2.09. The minimum atomic E-state index is -1.00. The SMILES string of the molecule is O=C(COc1ccc2sc(CNc3nncc(-c4c(Cl)cccc4Cl)n3)nc2c1)NCC(O)CO. The number of amides is 1. The lowest BCUT2D eigenvalue weighted by Crippen LogP contribution is -2.36. The van der Waals surface area contributed by atoms with Gasteiger partial charge in [-0.15, -0.1) is 16.4 Å². The van der Waals surface area contributed by atoms with Crippen molar-refractivity contribution in [3.8, 4) is 17.0 Å². The van der Waals surface area contributed by atoms with Gasteiger partial charge in [0.1, 0.15) is 10.8 Å². The van der Waals surface area contributed by atoms with E-state index in [4.69, 9.17) is 33.0 Å². The van der Waals surface area contributed by atoms with Crippen LogP contribution in [0.3, 0.4) is 0 Å². The first-order valence-corrected chi connectivity index (χ1v) is 12.0. The summed E-state index contributed by atoms with van der Waals surface area (Å²) in [5, 5.41) is 33.4. The highest BCUT2D eigenvalue weighted by Crippen LogP contribution is 2.33. The van der Waals surface area contributed by atoms with E-state index in [1.807, 2.05) is 6.07 Å². The molecule has 0 saturated heterocycles. The first kappa shape index (κ1) is 25.0. The van der Waals surface area contributed by atoms with Gasteiger partial charge in [0.2, 0.25) is 5.95 Å². The number of aliphatic hydroxyl groups excluding tert-OH is 2. The molecule has 0 saturated carbocycles. The van der Waals surface area contributed by atoms with Crippen molar-refractivity contribution in [3.05, 3.63) is 57.6 Å². The molecule has 0 spiro atoms. The maximum absolute atomic E-state index is 11.8. The minimum Gasteiger partial charge on any atom is -0.484 e. The van der Waals surface area contributed by atoms with Gasteiger partial charge < -0.3 is 25.6 Å². The number of benzene rings is 2. The molecule has 4 aromatic rings. The van der Waals surface area contributed by atoms with E-state index in [0.29, 0.717) is 39.5 Å². The van der Waals surface area contributed by atoms with Crippen LogP contribution in [-0.4, -0.2) is 62.1 Å². The maximum atomic E-state index is 11.8. The zero-order chi connectivity index (χ0) is 24.8. The van der Waals surface area contributed by atoms with Gasteiger partial charge in [0.05, 0.1) is 51.4 Å². The molecule has 35 heavy (non-hydrogen) atoms. The van der Waals surface area contributed by atoms with Crippen LogP contribution in [0, 0.1) is 0 Å². The van der Waals surface area contributed by atoms with Gasteiger partial charge in [-0.05, 0) is 24.3 Å². The largest absolute Gasteiger partial charge is 0.484 e. The molecule has 0 radical (unpaired) electrons. The van der Waals surface area contributed by atoms with Crippen molar-refractivity contribution < 1.29 is 19.7 Å². The van der Waals surface area contributed by atoms with Crippen molar-refractivity contribution in [2.75, 3.05) is 25.1 Å². The zero-order valence-corrected chi connectivity index (χ0v) is 20.4. The number of hydrogen-bond donors (Lipinski definition) is 4. The van der Waals surface area contributed by atoms with E-state index in [9.17, 15) is 9.90 Å². The lowest BCUT2D eigenvalue weighted by atomic mass is 10.1. The number of nitrogens with one attached hydrogen (secondary N) is 2. The van der Waals surface area contributed by atoms with Gasteiger partial charge in [-0.2, -0.15) is 5.10 Å². The standard InChI is InChI=1S/C22H20Cl2N6O4S/c23-14-2-1-3-15(24)21(14)17-8-27-30-22(29-17)26-9-20-28-16-6-13(4-5-18(16)35-20)34-11-19(33)25-7-12(32)10-31/h1-6,8,12,31-32H,7,9-11H2,(H,25,33)(H,26,29,30). The Morgan fingerprint density at radius 2 is 1.97 bits per heavy atom. The van der Waals surface area contributed by atoms with Gasteiger partial charge in [-0.3, -0.25) is 4.79 Å². The molecule has 1 amide bonds. The van der Waals surface area contributed by atoms with E-state index in [1.165, 1.54) is 17.5 Å². The van der Waals surface area contributed by atoms with E-state index in [-0.39, 0.29) is 13.2 Å². The fourth-order valence-electron chi connectivity index (χ4n) is 3.01. The van der Waals surface area contributed by atoms with Crippen LogP contribution >= 0.6 is 34.5 Å². The van der Waals surface area contributed by atoms with Gasteiger partial charge in [0.25, 0.3) is 5.91 Å². The number of thiazole rings is 1. The first-order chi connectivity index (χ1) is 16.9. The van der Waals surface area contributed by atoms with Crippen molar-refractivity contribution in [2.45, 2.75) is 12.6 Å². The summed E-state index contributed by atoms with van der Waals surface area (Å²) in [4.78, 5) is 20.8. The van der Waals surface area contributed by atoms with Crippen LogP contribution < -0.4 is 15.4 Å². The van der Waals surface area contributed by atoms with Crippen molar-refractivity contribution in [1.82, 2.24) is 25.5 Å². The summed E-state index contributed by atoms with van der Waals surface area (Å²) in [6.45, 7) is -0.332. The summed E-state index contributed by atoms with van der Waals surface area (Å²) in [6, 6.07) is 10.6. The highest BCUT2D eigenvalue weighted by atomic mass is 35.5. The number of fused-ring (bicyclic) bond motifs is 1. The number of aromatic nitrogens is 4. The number of carbonyl (C=O) groups excluding carboxylic acids is 1. The van der Waals surface area contributed by atoms with Crippen LogP contribution in [0.15, 0.2) is 42.6 Å². The fourth-order valence-corrected chi connectivity index (χ4v) is 4.49. The third kappa shape index (κ3) is 6.53. The monoisotopic (exact) mass is 534 g/mol. The molecule has 0 aliphatic carbocycles. The lowest BCUT2D eigenvalue weighted by molar-refractivity contribution is -0.123. The van der Waals surface area contributed by atoms with E-state index < -0.39 is 18.6 Å². The number of carbonyl (C=O) groups is 1. The Morgan fingerprint density at radius 1 is 1.17 bits per heavy atom. The van der Waals surface area contributed by atoms with Crippen LogP contribution in [0.2, 0.25) is 10.0 Å². The van der Waals surface area contributed by atoms with Crippen LogP contribution in [0.1, 0.15) is 5.01 Å². The summed E-state index contributed by atoms with van der Waals surface area (Å²) >= 11 is 14.0. The zero-order valence-electron chi connectivity index (χ0n) is 18.1. The molecule has 2 aromatic carbocycles. The molecule has 10 nitrogen and oxygen atoms in total. The average molecular weight is 535 g/mol. The summed E-state index contributed by atoms with van der Waals surface area (Å²) < 4.78 is 6.44. The Balaban J connectivity index is 1.38. The molecule has 4 N–H and O–H groups in total. The van der Waals surface area contributed by atoms with Crippen molar-refractivity contribution in [3.63, 3.8) is 0 Å². The van der Waals surface area contributed by atoms with E-state index in [0.717, 1.165) is 15.2 Å². The molecule has 4 rings (SSSR count). The van der Waals surface area contributed by atoms with Crippen LogP contribution in [-0.2, 0) is 11.3 Å². The molecule has 0 aliphatic heterocycles. The molecule has 0 aliphatic rings. The smallest absolute Gasteiger partial charge is 0.258 e. The predicted octanol–water partition coefficient (Wildman–Crippen LogP) is 2.92. The first-order valence-electron chi connectivity index (χ1n) is 10.4. The van der Waals surface area contributed by atoms with Gasteiger partial charge in [-0.25, -0.2) is 9.97 Å². The van der Waals surface area contributed by atoms with Gasteiger partial charge in [0.15, 0.2) is 6.61 Å². The summed E-state index contributed by atoms with van der Waals surface area (Å²) in [5.74, 6) is 0.380. The normalized spacial score (nSPS) is 11.9. The van der Waals surface area contributed by atoms with Crippen LogP contribution in [0.25, 0.3) is 21.5 Å². The Morgan fingerprint density at radius 3 is 2.74 bits per heavy atom. The second-order valence-electron chi connectivity index (χ2n) is 7.28. The molecule has 13 heteroatoms. The van der Waals surface area contributed by atoms with E-state index in [1.54, 1.807) is 30.3 Å². The van der Waals surface area contributed by atoms with Crippen molar-refractivity contribution >= 4 is 56.6 Å². The number of nitrogens with zero attached hydrogens (tertiary/aromatic N) is 4. The molecule has 1 unspecified atom stereocenters. The molecular weight excluding hydrogens is 515 g/mol. The molecule has 2 aromatic heterocycles. The molecule has 0 fully saturated rings. The van der Waals surface area contributed by atoms with E-state index >= 15 is 0 Å². The molecular formula is C22H20Cl2N6O4S. The summed E-state index contributed by atoms with van der Waals surface area (Å²) in [5.41, 5.74) is 1.80. The van der Waals surface area contributed by atoms with Crippen molar-refractivity contribution in [2.24, 2.45) is 0 Å². The highest BCUT2D eigenvalue weighted by molar-refractivity contribution is 7.18. The number of aliphatic hydroxyl groups is 2.